The Kier molecular flexibility index (Phi) is 1.74. The van der Waals surface area contributed by atoms with Crippen molar-refractivity contribution < 1.29 is 13.5 Å². The molecule has 0 radical (unpaired) electrons. The van der Waals surface area contributed by atoms with Gasteiger partial charge in [-0.05, 0) is 0 Å². The van der Waals surface area contributed by atoms with Crippen molar-refractivity contribution in [3.05, 3.63) is 5.21 Å². The minimum Gasteiger partial charge on any atom is -0.715 e. The Hall–Kier alpha value is -0.870. The molecule has 1 unspecified atom stereocenters. The molecule has 58 valence electrons. The zero-order valence-electron chi connectivity index (χ0n) is 5.26. The lowest BCUT2D eigenvalue weighted by Crippen LogP contribution is -2.16. The largest absolute Gasteiger partial charge is 0.715 e. The Labute approximate surface area is 56.7 Å². The number of nitrogens with zero attached hydrogens (tertiary/aromatic N) is 1. The van der Waals surface area contributed by atoms with Crippen molar-refractivity contribution in [1.29, 1.82) is 0 Å². The average molecular weight is 150 g/mol. The SMILES string of the molecule is NC1=[N+]([O-])CC(C(F)F)C1. The van der Waals surface area contributed by atoms with E-state index >= 15 is 0 Å². The topological polar surface area (TPSA) is 52.1 Å². The summed E-state index contributed by atoms with van der Waals surface area (Å²) in [5.41, 5.74) is 5.10. The molecule has 3 nitrogen and oxygen atoms in total. The van der Waals surface area contributed by atoms with Crippen LogP contribution >= 0.6 is 0 Å². The minimum absolute atomic E-state index is 0.0188. The second kappa shape index (κ2) is 2.40. The van der Waals surface area contributed by atoms with Crippen LogP contribution < -0.4 is 5.73 Å². The monoisotopic (exact) mass is 150 g/mol. The minimum atomic E-state index is -2.43. The molecule has 5 heteroatoms. The van der Waals surface area contributed by atoms with Crippen LogP contribution in [0.2, 0.25) is 0 Å². The first kappa shape index (κ1) is 7.24. The maximum Gasteiger partial charge on any atom is 0.246 e. The molecule has 0 bridgehead atoms. The maximum atomic E-state index is 11.9. The Morgan fingerprint density at radius 2 is 2.30 bits per heavy atom. The summed E-state index contributed by atoms with van der Waals surface area (Å²) in [6.45, 7) is -0.163. The molecule has 1 aliphatic rings. The smallest absolute Gasteiger partial charge is 0.246 e. The number of rotatable bonds is 1. The molecular weight excluding hydrogens is 142 g/mol. The first-order valence-electron chi connectivity index (χ1n) is 2.95. The van der Waals surface area contributed by atoms with E-state index in [9.17, 15) is 14.0 Å². The highest BCUT2D eigenvalue weighted by Crippen LogP contribution is 2.18. The lowest BCUT2D eigenvalue weighted by atomic mass is 10.1. The first-order chi connectivity index (χ1) is 4.61. The van der Waals surface area contributed by atoms with Crippen molar-refractivity contribution in [3.8, 4) is 0 Å². The van der Waals surface area contributed by atoms with Crippen LogP contribution in [0.25, 0.3) is 0 Å². The van der Waals surface area contributed by atoms with E-state index in [1.165, 1.54) is 0 Å². The standard InChI is InChI=1S/C5H8F2N2O/c6-5(7)3-1-4(8)9(10)2-3/h3,5H,1-2,8H2. The van der Waals surface area contributed by atoms with Crippen LogP contribution in [-0.2, 0) is 0 Å². The van der Waals surface area contributed by atoms with Gasteiger partial charge in [0.1, 0.15) is 0 Å². The van der Waals surface area contributed by atoms with Crippen molar-refractivity contribution >= 4 is 5.84 Å². The zero-order valence-corrected chi connectivity index (χ0v) is 5.26. The lowest BCUT2D eigenvalue weighted by molar-refractivity contribution is -0.457. The van der Waals surface area contributed by atoms with Crippen LogP contribution in [0.4, 0.5) is 8.78 Å². The van der Waals surface area contributed by atoms with E-state index in [1.54, 1.807) is 0 Å². The summed E-state index contributed by atoms with van der Waals surface area (Å²) in [7, 11) is 0. The van der Waals surface area contributed by atoms with Crippen LogP contribution in [0, 0.1) is 11.1 Å². The molecule has 1 heterocycles. The molecule has 2 N–H and O–H groups in total. The first-order valence-corrected chi connectivity index (χ1v) is 2.95. The predicted molar refractivity (Wildman–Crippen MR) is 31.8 cm³/mol. The number of hydroxylamine groups is 1. The third kappa shape index (κ3) is 1.17. The fourth-order valence-corrected chi connectivity index (χ4v) is 0.934. The van der Waals surface area contributed by atoms with E-state index in [1.807, 2.05) is 0 Å². The fraction of sp³-hybridized carbons (Fsp3) is 0.800. The molecule has 0 saturated carbocycles. The van der Waals surface area contributed by atoms with Gasteiger partial charge in [-0.1, -0.05) is 0 Å². The summed E-state index contributed by atoms with van der Waals surface area (Å²) < 4.78 is 24.1. The van der Waals surface area contributed by atoms with Crippen molar-refractivity contribution in [2.75, 3.05) is 6.54 Å². The van der Waals surface area contributed by atoms with Gasteiger partial charge in [0.05, 0.1) is 18.9 Å². The van der Waals surface area contributed by atoms with Gasteiger partial charge in [0.15, 0.2) is 0 Å². The molecule has 1 rings (SSSR count). The molecule has 0 aromatic rings. The summed E-state index contributed by atoms with van der Waals surface area (Å²) in [5, 5.41) is 10.5. The van der Waals surface area contributed by atoms with Gasteiger partial charge < -0.3 is 5.21 Å². The summed E-state index contributed by atoms with van der Waals surface area (Å²) in [5.74, 6) is -0.845. The second-order valence-electron chi connectivity index (χ2n) is 2.35. The number of alkyl halides is 2. The highest BCUT2D eigenvalue weighted by Gasteiger charge is 2.30. The van der Waals surface area contributed by atoms with Crippen LogP contribution in [0.3, 0.4) is 0 Å². The molecular formula is C5H8F2N2O. The predicted octanol–water partition coefficient (Wildman–Crippen LogP) is 0.139. The van der Waals surface area contributed by atoms with E-state index in [-0.39, 0.29) is 18.8 Å². The Bertz CT molecular complexity index is 155. The van der Waals surface area contributed by atoms with Gasteiger partial charge in [-0.3, -0.25) is 10.5 Å². The van der Waals surface area contributed by atoms with Crippen LogP contribution in [0.5, 0.6) is 0 Å². The van der Waals surface area contributed by atoms with Crippen molar-refractivity contribution in [2.24, 2.45) is 11.7 Å². The number of hydrogen-bond donors (Lipinski definition) is 1. The van der Waals surface area contributed by atoms with E-state index in [0.717, 1.165) is 0 Å². The third-order valence-electron chi connectivity index (χ3n) is 1.55. The maximum absolute atomic E-state index is 11.9. The van der Waals surface area contributed by atoms with Gasteiger partial charge in [0, 0.05) is 0 Å². The van der Waals surface area contributed by atoms with E-state index in [4.69, 9.17) is 5.73 Å². The zero-order chi connectivity index (χ0) is 7.72. The number of hydrogen-bond acceptors (Lipinski definition) is 2. The van der Waals surface area contributed by atoms with Gasteiger partial charge in [0.25, 0.3) is 0 Å². The highest BCUT2D eigenvalue weighted by molar-refractivity contribution is 5.76. The Morgan fingerprint density at radius 1 is 1.70 bits per heavy atom. The normalized spacial score (nSPS) is 26.5. The molecule has 10 heavy (non-hydrogen) atoms. The number of nitrogens with two attached hydrogens (primary N) is 1. The van der Waals surface area contributed by atoms with Crippen LogP contribution in [0.1, 0.15) is 6.42 Å². The summed E-state index contributed by atoms with van der Waals surface area (Å²) in [4.78, 5) is 0. The van der Waals surface area contributed by atoms with Gasteiger partial charge in [-0.15, -0.1) is 0 Å². The molecule has 1 atom stereocenters. The second-order valence-corrected chi connectivity index (χ2v) is 2.35. The van der Waals surface area contributed by atoms with Crippen molar-refractivity contribution in [1.82, 2.24) is 0 Å². The summed E-state index contributed by atoms with van der Waals surface area (Å²) in [6, 6.07) is 0. The van der Waals surface area contributed by atoms with E-state index in [2.05, 4.69) is 0 Å². The van der Waals surface area contributed by atoms with E-state index in [0.29, 0.717) is 4.74 Å². The number of halogens is 2. The van der Waals surface area contributed by atoms with Crippen LogP contribution in [-0.4, -0.2) is 23.5 Å². The number of amidine groups is 1. The fourth-order valence-electron chi connectivity index (χ4n) is 0.934. The molecule has 0 spiro atoms. The molecule has 0 saturated heterocycles. The molecule has 0 aliphatic carbocycles. The Morgan fingerprint density at radius 3 is 2.50 bits per heavy atom. The van der Waals surface area contributed by atoms with Gasteiger partial charge in [0.2, 0.25) is 12.3 Å². The summed E-state index contributed by atoms with van der Waals surface area (Å²) >= 11 is 0. The summed E-state index contributed by atoms with van der Waals surface area (Å²) in [6.07, 6.45) is -2.40. The van der Waals surface area contributed by atoms with Gasteiger partial charge in [-0.25, -0.2) is 8.78 Å². The quantitative estimate of drug-likeness (QED) is 0.427. The van der Waals surface area contributed by atoms with Gasteiger partial charge >= 0.3 is 0 Å². The molecule has 0 aromatic heterocycles. The molecule has 0 amide bonds. The Balaban J connectivity index is 2.51. The molecule has 1 aliphatic heterocycles. The van der Waals surface area contributed by atoms with Gasteiger partial charge in [-0.2, -0.15) is 0 Å². The van der Waals surface area contributed by atoms with E-state index < -0.39 is 12.3 Å². The van der Waals surface area contributed by atoms with Crippen molar-refractivity contribution in [2.45, 2.75) is 12.8 Å². The van der Waals surface area contributed by atoms with Crippen molar-refractivity contribution in [3.63, 3.8) is 0 Å². The highest BCUT2D eigenvalue weighted by atomic mass is 19.3. The average Bonchev–Trinajstić information content (AvgIpc) is 2.13. The third-order valence-corrected chi connectivity index (χ3v) is 1.55. The van der Waals surface area contributed by atoms with Crippen LogP contribution in [0.15, 0.2) is 0 Å². The molecule has 0 fully saturated rings. The molecule has 0 aromatic carbocycles. The lowest BCUT2D eigenvalue weighted by Gasteiger charge is -2.06.